The van der Waals surface area contributed by atoms with Gasteiger partial charge in [-0.3, -0.25) is 23.4 Å². The van der Waals surface area contributed by atoms with Crippen molar-refractivity contribution in [3.63, 3.8) is 0 Å². The Kier molecular flexibility index (Phi) is 5.09. The number of nitrogens with one attached hydrogen (secondary N) is 1. The average Bonchev–Trinajstić information content (AvgIpc) is 3.68. The van der Waals surface area contributed by atoms with E-state index in [4.69, 9.17) is 0 Å². The molecule has 0 unspecified atom stereocenters. The lowest BCUT2D eigenvalue weighted by atomic mass is 10.2. The molecule has 1 saturated heterocycles. The molecule has 1 aromatic heterocycles. The summed E-state index contributed by atoms with van der Waals surface area (Å²) in [7, 11) is 0. The molecule has 2 heterocycles. The van der Waals surface area contributed by atoms with Crippen molar-refractivity contribution in [2.75, 3.05) is 13.1 Å². The predicted octanol–water partition coefficient (Wildman–Crippen LogP) is 2.68. The number of aromatic nitrogens is 2. The number of carbonyl (C=O) groups is 1. The zero-order valence-electron chi connectivity index (χ0n) is 17.8. The Hall–Kier alpha value is -2.32. The molecule has 2 saturated carbocycles. The summed E-state index contributed by atoms with van der Waals surface area (Å²) in [6.07, 6.45) is 6.43. The largest absolute Gasteiger partial charge is 0.337 e. The first kappa shape index (κ1) is 20.6. The van der Waals surface area contributed by atoms with Crippen molar-refractivity contribution >= 4 is 28.8 Å². The van der Waals surface area contributed by atoms with E-state index in [1.54, 1.807) is 21.4 Å². The van der Waals surface area contributed by atoms with E-state index in [9.17, 15) is 14.4 Å². The summed E-state index contributed by atoms with van der Waals surface area (Å²) < 4.78 is 6.65. The monoisotopic (exact) mass is 440 g/mol. The Morgan fingerprint density at radius 1 is 1.29 bits per heavy atom. The van der Waals surface area contributed by atoms with Gasteiger partial charge in [0.25, 0.3) is 5.56 Å². The second-order valence-electron chi connectivity index (χ2n) is 9.39. The highest BCUT2D eigenvalue weighted by Crippen LogP contribution is 2.38. The second kappa shape index (κ2) is 7.67. The van der Waals surface area contributed by atoms with Gasteiger partial charge in [-0.1, -0.05) is 6.58 Å². The molecule has 7 nitrogen and oxygen atoms in total. The summed E-state index contributed by atoms with van der Waals surface area (Å²) in [5, 5.41) is 0.571. The molecule has 164 valence electrons. The third kappa shape index (κ3) is 3.99. The van der Waals surface area contributed by atoms with Crippen molar-refractivity contribution in [2.24, 2.45) is 5.92 Å². The third-order valence-electron chi connectivity index (χ3n) is 6.71. The van der Waals surface area contributed by atoms with E-state index in [0.29, 0.717) is 42.9 Å². The van der Waals surface area contributed by atoms with Gasteiger partial charge in [-0.2, -0.15) is 0 Å². The van der Waals surface area contributed by atoms with Crippen LogP contribution >= 0.6 is 11.9 Å². The number of hydrogen-bond acceptors (Lipinski definition) is 5. The number of hydrogen-bond donors (Lipinski definition) is 1. The molecule has 2 aromatic rings. The average molecular weight is 441 g/mol. The first-order chi connectivity index (χ1) is 14.9. The topological polar surface area (TPSA) is 76.3 Å². The van der Waals surface area contributed by atoms with Crippen LogP contribution in [0.15, 0.2) is 45.3 Å². The summed E-state index contributed by atoms with van der Waals surface area (Å²) >= 11 is 1.55. The zero-order valence-corrected chi connectivity index (χ0v) is 18.6. The smallest absolute Gasteiger partial charge is 0.331 e. The molecule has 3 aliphatic rings. The molecule has 5 rings (SSSR count). The molecule has 3 fully saturated rings. The number of fused-ring (bicyclic) bond motifs is 1. The minimum atomic E-state index is -0.307. The Bertz CT molecular complexity index is 1180. The van der Waals surface area contributed by atoms with Gasteiger partial charge in [0.15, 0.2) is 0 Å². The van der Waals surface area contributed by atoms with Crippen molar-refractivity contribution in [2.45, 2.75) is 62.0 Å². The highest BCUT2D eigenvalue weighted by molar-refractivity contribution is 7.97. The van der Waals surface area contributed by atoms with E-state index in [1.807, 2.05) is 18.2 Å². The van der Waals surface area contributed by atoms with Crippen molar-refractivity contribution in [3.05, 3.63) is 51.7 Å². The SMILES string of the molecule is C=CC(=O)N1CC[C@@H](n2c(=O)c3cc(SNC4(C)CC4)ccc3n(CC3CC3)c2=O)C1. The number of nitrogens with zero attached hydrogens (tertiary/aromatic N) is 3. The maximum atomic E-state index is 13.5. The van der Waals surface area contributed by atoms with Crippen LogP contribution in [0.4, 0.5) is 0 Å². The van der Waals surface area contributed by atoms with Crippen molar-refractivity contribution in [1.29, 1.82) is 0 Å². The molecule has 31 heavy (non-hydrogen) atoms. The molecule has 0 bridgehead atoms. The standard InChI is InChI=1S/C23H28N4O3S/c1-3-20(28)25-11-8-16(14-25)27-21(29)18-12-17(31-24-23(2)9-10-23)6-7-19(18)26(22(27)30)13-15-4-5-15/h3,6-7,12,15-16,24H,1,4-5,8-11,13-14H2,2H3/t16-/m1/s1. The van der Waals surface area contributed by atoms with Gasteiger partial charge in [0.1, 0.15) is 0 Å². The van der Waals surface area contributed by atoms with Crippen LogP contribution in [0.25, 0.3) is 10.9 Å². The van der Waals surface area contributed by atoms with Crippen molar-refractivity contribution in [3.8, 4) is 0 Å². The van der Waals surface area contributed by atoms with Gasteiger partial charge < -0.3 is 4.90 Å². The fourth-order valence-electron chi connectivity index (χ4n) is 4.25. The van der Waals surface area contributed by atoms with Crippen molar-refractivity contribution in [1.82, 2.24) is 18.8 Å². The minimum absolute atomic E-state index is 0.159. The van der Waals surface area contributed by atoms with Gasteiger partial charge in [-0.05, 0) is 81.2 Å². The summed E-state index contributed by atoms with van der Waals surface area (Å²) in [6.45, 7) is 7.27. The van der Waals surface area contributed by atoms with Gasteiger partial charge in [-0.25, -0.2) is 4.79 Å². The second-order valence-corrected chi connectivity index (χ2v) is 10.3. The van der Waals surface area contributed by atoms with Crippen LogP contribution in [0.3, 0.4) is 0 Å². The van der Waals surface area contributed by atoms with Crippen LogP contribution in [-0.2, 0) is 11.3 Å². The first-order valence-electron chi connectivity index (χ1n) is 11.0. The van der Waals surface area contributed by atoms with E-state index >= 15 is 0 Å². The van der Waals surface area contributed by atoms with Crippen molar-refractivity contribution < 1.29 is 4.79 Å². The Morgan fingerprint density at radius 2 is 2.06 bits per heavy atom. The molecule has 1 aromatic carbocycles. The maximum Gasteiger partial charge on any atom is 0.331 e. The first-order valence-corrected chi connectivity index (χ1v) is 11.8. The van der Waals surface area contributed by atoms with Gasteiger partial charge in [-0.15, -0.1) is 0 Å². The molecular weight excluding hydrogens is 412 g/mol. The highest BCUT2D eigenvalue weighted by Gasteiger charge is 2.37. The molecule has 1 aliphatic heterocycles. The quantitative estimate of drug-likeness (QED) is 0.529. The Morgan fingerprint density at radius 3 is 2.74 bits per heavy atom. The van der Waals surface area contributed by atoms with Gasteiger partial charge in [0.2, 0.25) is 5.91 Å². The molecule has 8 heteroatoms. The fourth-order valence-corrected chi connectivity index (χ4v) is 5.13. The lowest BCUT2D eigenvalue weighted by Crippen LogP contribution is -2.43. The number of benzene rings is 1. The minimum Gasteiger partial charge on any atom is -0.337 e. The summed E-state index contributed by atoms with van der Waals surface area (Å²) in [5.74, 6) is 0.341. The normalized spacial score (nSPS) is 22.1. The lowest BCUT2D eigenvalue weighted by Gasteiger charge is -2.19. The van der Waals surface area contributed by atoms with E-state index in [0.717, 1.165) is 30.6 Å². The molecule has 2 aliphatic carbocycles. The number of amides is 1. The van der Waals surface area contributed by atoms with Crippen LogP contribution in [-0.4, -0.2) is 38.6 Å². The highest BCUT2D eigenvalue weighted by atomic mass is 32.2. The molecule has 1 amide bonds. The van der Waals surface area contributed by atoms with Gasteiger partial charge in [0, 0.05) is 30.1 Å². The summed E-state index contributed by atoms with van der Waals surface area (Å²) in [4.78, 5) is 41.6. The number of likely N-dealkylation sites (tertiary alicyclic amines) is 1. The van der Waals surface area contributed by atoms with E-state index in [1.165, 1.54) is 10.6 Å². The predicted molar refractivity (Wildman–Crippen MR) is 122 cm³/mol. The van der Waals surface area contributed by atoms with Crippen LogP contribution in [0.2, 0.25) is 0 Å². The van der Waals surface area contributed by atoms with Crippen LogP contribution < -0.4 is 16.0 Å². The molecule has 1 N–H and O–H groups in total. The maximum absolute atomic E-state index is 13.5. The van der Waals surface area contributed by atoms with Crippen LogP contribution in [0.1, 0.15) is 45.1 Å². The van der Waals surface area contributed by atoms with E-state index in [2.05, 4.69) is 18.2 Å². The zero-order chi connectivity index (χ0) is 21.8. The van der Waals surface area contributed by atoms with E-state index < -0.39 is 0 Å². The lowest BCUT2D eigenvalue weighted by molar-refractivity contribution is -0.125. The van der Waals surface area contributed by atoms with Crippen LogP contribution in [0.5, 0.6) is 0 Å². The Balaban J connectivity index is 1.56. The number of rotatable bonds is 7. The Labute approximate surface area is 185 Å². The third-order valence-corrected chi connectivity index (χ3v) is 7.80. The fraction of sp³-hybridized carbons (Fsp3) is 0.522. The van der Waals surface area contributed by atoms with Crippen LogP contribution in [0, 0.1) is 5.92 Å². The molecular formula is C23H28N4O3S. The summed E-state index contributed by atoms with van der Waals surface area (Å²) in [5.41, 5.74) is 0.365. The summed E-state index contributed by atoms with van der Waals surface area (Å²) in [6, 6.07) is 5.49. The molecule has 0 spiro atoms. The van der Waals surface area contributed by atoms with Gasteiger partial charge in [0.05, 0.1) is 16.9 Å². The van der Waals surface area contributed by atoms with Gasteiger partial charge >= 0.3 is 5.69 Å². The number of carbonyl (C=O) groups excluding carboxylic acids is 1. The molecule has 1 atom stereocenters. The molecule has 0 radical (unpaired) electrons. The van der Waals surface area contributed by atoms with E-state index in [-0.39, 0.29) is 28.7 Å².